The highest BCUT2D eigenvalue weighted by Crippen LogP contribution is 2.25. The van der Waals surface area contributed by atoms with Crippen LogP contribution < -0.4 is 9.62 Å². The minimum Gasteiger partial charge on any atom is -0.352 e. The number of rotatable bonds is 12. The normalized spacial score (nSPS) is 12.2. The van der Waals surface area contributed by atoms with Gasteiger partial charge in [0.15, 0.2) is 0 Å². The molecule has 208 valence electrons. The number of hydrogen-bond acceptors (Lipinski definition) is 4. The molecule has 0 unspecified atom stereocenters. The number of amides is 2. The summed E-state index contributed by atoms with van der Waals surface area (Å²) in [7, 11) is -4.23. The van der Waals surface area contributed by atoms with E-state index in [1.54, 1.807) is 24.3 Å². The first-order valence-electron chi connectivity index (χ1n) is 13.0. The number of carbonyl (C=O) groups is 2. The average molecular weight is 554 g/mol. The maximum Gasteiger partial charge on any atom is 0.264 e. The second kappa shape index (κ2) is 13.4. The quantitative estimate of drug-likeness (QED) is 0.352. The number of aryl methyl sites for hydroxylation is 1. The minimum atomic E-state index is -4.23. The largest absolute Gasteiger partial charge is 0.352 e. The van der Waals surface area contributed by atoms with Gasteiger partial charge in [0.25, 0.3) is 10.0 Å². The first-order chi connectivity index (χ1) is 18.5. The third-order valence-electron chi connectivity index (χ3n) is 6.30. The van der Waals surface area contributed by atoms with Crippen LogP contribution in [-0.2, 0) is 26.0 Å². The standard InChI is InChI=1S/C30H36FN3O4S/c1-5-28(30(36)32-22(2)3)33(20-19-24-9-7-6-8-10-24)29(35)21-34(26-15-11-23(4)12-16-26)39(37,38)27-17-13-25(31)14-18-27/h6-18,22,28H,5,19-21H2,1-4H3,(H,32,36)/t28-/m1/s1. The molecular weight excluding hydrogens is 517 g/mol. The van der Waals surface area contributed by atoms with E-state index in [1.165, 1.54) is 17.0 Å². The van der Waals surface area contributed by atoms with E-state index in [1.807, 2.05) is 58.0 Å². The zero-order valence-electron chi connectivity index (χ0n) is 22.8. The lowest BCUT2D eigenvalue weighted by Crippen LogP contribution is -2.54. The zero-order valence-corrected chi connectivity index (χ0v) is 23.6. The van der Waals surface area contributed by atoms with Crippen molar-refractivity contribution in [3.05, 3.63) is 95.8 Å². The first kappa shape index (κ1) is 29.8. The number of hydrogen-bond donors (Lipinski definition) is 1. The van der Waals surface area contributed by atoms with Crippen molar-refractivity contribution in [2.45, 2.75) is 57.5 Å². The van der Waals surface area contributed by atoms with Crippen LogP contribution in [0.15, 0.2) is 83.8 Å². The lowest BCUT2D eigenvalue weighted by atomic mass is 10.1. The Kier molecular flexibility index (Phi) is 10.2. The van der Waals surface area contributed by atoms with Crippen molar-refractivity contribution in [1.29, 1.82) is 0 Å². The highest BCUT2D eigenvalue weighted by Gasteiger charge is 2.33. The van der Waals surface area contributed by atoms with Gasteiger partial charge < -0.3 is 10.2 Å². The molecule has 3 aromatic carbocycles. The molecule has 1 atom stereocenters. The predicted octanol–water partition coefficient (Wildman–Crippen LogP) is 4.70. The molecule has 0 aliphatic heterocycles. The van der Waals surface area contributed by atoms with Gasteiger partial charge in [0.1, 0.15) is 18.4 Å². The van der Waals surface area contributed by atoms with Crippen LogP contribution in [0, 0.1) is 12.7 Å². The van der Waals surface area contributed by atoms with E-state index in [9.17, 15) is 22.4 Å². The fourth-order valence-corrected chi connectivity index (χ4v) is 5.66. The Morgan fingerprint density at radius 3 is 2.10 bits per heavy atom. The van der Waals surface area contributed by atoms with Crippen molar-refractivity contribution in [1.82, 2.24) is 10.2 Å². The molecule has 3 rings (SSSR count). The SMILES string of the molecule is CC[C@H](C(=O)NC(C)C)N(CCc1ccccc1)C(=O)CN(c1ccc(C)cc1)S(=O)(=O)c1ccc(F)cc1. The summed E-state index contributed by atoms with van der Waals surface area (Å²) >= 11 is 0. The van der Waals surface area contributed by atoms with Crippen molar-refractivity contribution in [2.24, 2.45) is 0 Å². The molecule has 0 saturated heterocycles. The van der Waals surface area contributed by atoms with Gasteiger partial charge in [-0.2, -0.15) is 0 Å². The monoisotopic (exact) mass is 553 g/mol. The van der Waals surface area contributed by atoms with Crippen LogP contribution >= 0.6 is 0 Å². The van der Waals surface area contributed by atoms with E-state index >= 15 is 0 Å². The van der Waals surface area contributed by atoms with E-state index < -0.39 is 34.3 Å². The number of nitrogens with zero attached hydrogens (tertiary/aromatic N) is 2. The van der Waals surface area contributed by atoms with Crippen molar-refractivity contribution < 1.29 is 22.4 Å². The van der Waals surface area contributed by atoms with Gasteiger partial charge in [-0.05, 0) is 75.6 Å². The summed E-state index contributed by atoms with van der Waals surface area (Å²) in [6.45, 7) is 7.08. The van der Waals surface area contributed by atoms with Crippen molar-refractivity contribution in [3.63, 3.8) is 0 Å². The summed E-state index contributed by atoms with van der Waals surface area (Å²) < 4.78 is 42.1. The molecule has 1 N–H and O–H groups in total. The number of anilines is 1. The van der Waals surface area contributed by atoms with Crippen LogP contribution in [-0.4, -0.2) is 50.3 Å². The van der Waals surface area contributed by atoms with Crippen molar-refractivity contribution in [2.75, 3.05) is 17.4 Å². The number of halogens is 1. The number of nitrogens with one attached hydrogen (secondary N) is 1. The molecule has 0 spiro atoms. The molecule has 0 fully saturated rings. The zero-order chi connectivity index (χ0) is 28.6. The molecule has 3 aromatic rings. The minimum absolute atomic E-state index is 0.125. The lowest BCUT2D eigenvalue weighted by Gasteiger charge is -2.33. The Balaban J connectivity index is 2.00. The summed E-state index contributed by atoms with van der Waals surface area (Å²) in [6, 6.07) is 19.9. The number of benzene rings is 3. The Hall–Kier alpha value is -3.72. The number of sulfonamides is 1. The third kappa shape index (κ3) is 7.89. The number of carbonyl (C=O) groups excluding carboxylic acids is 2. The molecule has 0 aliphatic rings. The first-order valence-corrected chi connectivity index (χ1v) is 14.5. The molecule has 0 aliphatic carbocycles. The van der Waals surface area contributed by atoms with Gasteiger partial charge in [-0.25, -0.2) is 12.8 Å². The van der Waals surface area contributed by atoms with E-state index in [4.69, 9.17) is 0 Å². The van der Waals surface area contributed by atoms with Gasteiger partial charge in [0.2, 0.25) is 11.8 Å². The maximum absolute atomic E-state index is 13.9. The van der Waals surface area contributed by atoms with Gasteiger partial charge in [0, 0.05) is 12.6 Å². The topological polar surface area (TPSA) is 86.8 Å². The predicted molar refractivity (Wildman–Crippen MR) is 151 cm³/mol. The van der Waals surface area contributed by atoms with Crippen LogP contribution in [0.1, 0.15) is 38.3 Å². The Bertz CT molecular complexity index is 1350. The van der Waals surface area contributed by atoms with Gasteiger partial charge in [-0.15, -0.1) is 0 Å². The van der Waals surface area contributed by atoms with Crippen LogP contribution in [0.2, 0.25) is 0 Å². The van der Waals surface area contributed by atoms with E-state index in [0.717, 1.165) is 27.6 Å². The second-order valence-corrected chi connectivity index (χ2v) is 11.6. The summed E-state index contributed by atoms with van der Waals surface area (Å²) in [5, 5.41) is 2.88. The Labute approximate surface area is 230 Å². The van der Waals surface area contributed by atoms with E-state index in [2.05, 4.69) is 5.32 Å². The molecule has 0 radical (unpaired) electrons. The average Bonchev–Trinajstić information content (AvgIpc) is 2.90. The summed E-state index contributed by atoms with van der Waals surface area (Å²) in [4.78, 5) is 28.4. The van der Waals surface area contributed by atoms with Crippen molar-refractivity contribution >= 4 is 27.5 Å². The summed E-state index contributed by atoms with van der Waals surface area (Å²) in [6.07, 6.45) is 0.849. The molecule has 0 bridgehead atoms. The van der Waals surface area contributed by atoms with Gasteiger partial charge >= 0.3 is 0 Å². The molecule has 0 heterocycles. The van der Waals surface area contributed by atoms with Crippen LogP contribution in [0.5, 0.6) is 0 Å². The van der Waals surface area contributed by atoms with E-state index in [-0.39, 0.29) is 23.4 Å². The smallest absolute Gasteiger partial charge is 0.264 e. The van der Waals surface area contributed by atoms with Crippen LogP contribution in [0.25, 0.3) is 0 Å². The molecule has 0 saturated carbocycles. The van der Waals surface area contributed by atoms with Gasteiger partial charge in [-0.1, -0.05) is 55.0 Å². The summed E-state index contributed by atoms with van der Waals surface area (Å²) in [5.74, 6) is -1.37. The van der Waals surface area contributed by atoms with E-state index in [0.29, 0.717) is 18.5 Å². The molecular formula is C30H36FN3O4S. The lowest BCUT2D eigenvalue weighted by molar-refractivity contribution is -0.139. The highest BCUT2D eigenvalue weighted by atomic mass is 32.2. The van der Waals surface area contributed by atoms with Crippen LogP contribution in [0.4, 0.5) is 10.1 Å². The molecule has 0 aromatic heterocycles. The van der Waals surface area contributed by atoms with Gasteiger partial charge in [0.05, 0.1) is 10.6 Å². The molecule has 9 heteroatoms. The summed E-state index contributed by atoms with van der Waals surface area (Å²) in [5.41, 5.74) is 2.20. The van der Waals surface area contributed by atoms with Gasteiger partial charge in [-0.3, -0.25) is 13.9 Å². The fourth-order valence-electron chi connectivity index (χ4n) is 4.25. The molecule has 2 amide bonds. The maximum atomic E-state index is 13.9. The van der Waals surface area contributed by atoms with Crippen molar-refractivity contribution in [3.8, 4) is 0 Å². The fraction of sp³-hybridized carbons (Fsp3) is 0.333. The van der Waals surface area contributed by atoms with Crippen LogP contribution in [0.3, 0.4) is 0 Å². The Morgan fingerprint density at radius 2 is 1.54 bits per heavy atom. The molecule has 7 nitrogen and oxygen atoms in total. The second-order valence-electron chi connectivity index (χ2n) is 9.71. The Morgan fingerprint density at radius 1 is 0.923 bits per heavy atom. The molecule has 39 heavy (non-hydrogen) atoms. The highest BCUT2D eigenvalue weighted by molar-refractivity contribution is 7.92. The third-order valence-corrected chi connectivity index (χ3v) is 8.09.